The average molecular weight is 979 g/mol. The Kier molecular flexibility index (Phi) is 16.8. The highest BCUT2D eigenvalue weighted by molar-refractivity contribution is 7.45. The third kappa shape index (κ3) is 14.5. The first kappa shape index (κ1) is 57.8. The second-order valence-corrected chi connectivity index (χ2v) is 25.7. The van der Waals surface area contributed by atoms with Gasteiger partial charge in [-0.05, 0) is 148 Å². The van der Waals surface area contributed by atoms with E-state index in [1.807, 2.05) is 30.3 Å². The highest BCUT2D eigenvalue weighted by Crippen LogP contribution is 2.56. The molecule has 0 bridgehead atoms. The maximum Gasteiger partial charge on any atom is 0.466 e. The molecule has 0 unspecified atom stereocenters. The molecule has 68 heavy (non-hydrogen) atoms. The van der Waals surface area contributed by atoms with Crippen molar-refractivity contribution in [1.29, 1.82) is 0 Å². The molecule has 0 saturated carbocycles. The number of hydrogen-bond acceptors (Lipinski definition) is 6. The van der Waals surface area contributed by atoms with Gasteiger partial charge in [0.15, 0.2) is 0 Å². The summed E-state index contributed by atoms with van der Waals surface area (Å²) in [5, 5.41) is 45.9. The normalized spacial score (nSPS) is 13.1. The maximum absolute atomic E-state index is 13.1. The second kappa shape index (κ2) is 19.7. The Morgan fingerprint density at radius 3 is 0.853 bits per heavy atom. The minimum absolute atomic E-state index is 0.00481. The number of phenolic OH excluding ortho intramolecular Hbond substituents is 4. The summed E-state index contributed by atoms with van der Waals surface area (Å²) in [6, 6.07) is 22.8. The fourth-order valence-corrected chi connectivity index (χ4v) is 9.19. The van der Waals surface area contributed by atoms with E-state index in [0.29, 0.717) is 11.1 Å². The van der Waals surface area contributed by atoms with Crippen LogP contribution in [-0.4, -0.2) is 49.8 Å². The van der Waals surface area contributed by atoms with Crippen molar-refractivity contribution in [3.05, 3.63) is 106 Å². The van der Waals surface area contributed by atoms with E-state index in [-0.39, 0.29) is 50.1 Å². The first-order valence-electron chi connectivity index (χ1n) is 22.4. The molecule has 0 amide bonds. The average Bonchev–Trinajstić information content (AvgIpc) is 3.10. The van der Waals surface area contributed by atoms with Crippen LogP contribution in [0.15, 0.2) is 72.8 Å². The minimum atomic E-state index is -4.64. The number of aromatic hydroxyl groups is 4. The van der Waals surface area contributed by atoms with E-state index in [2.05, 4.69) is 137 Å². The number of benzene rings is 5. The largest absolute Gasteiger partial charge is 0.508 e. The summed E-state index contributed by atoms with van der Waals surface area (Å²) in [7, 11) is -9.28. The van der Waals surface area contributed by atoms with Crippen LogP contribution in [0.2, 0.25) is 0 Å². The van der Waals surface area contributed by atoms with Gasteiger partial charge in [-0.2, -0.15) is 0 Å². The minimum Gasteiger partial charge on any atom is -0.508 e. The summed E-state index contributed by atoms with van der Waals surface area (Å²) in [6.45, 7) is 40.5. The summed E-state index contributed by atoms with van der Waals surface area (Å²) < 4.78 is 17.8. The van der Waals surface area contributed by atoms with Crippen LogP contribution in [0, 0.1) is 0 Å². The van der Waals surface area contributed by atoms with Gasteiger partial charge in [0.1, 0.15) is 23.0 Å². The zero-order chi connectivity index (χ0) is 52.9. The first-order valence-corrected chi connectivity index (χ1v) is 25.5. The Bertz CT molecular complexity index is 2670. The summed E-state index contributed by atoms with van der Waals surface area (Å²) in [5.41, 5.74) is 11.9. The lowest BCUT2D eigenvalue weighted by Crippen LogP contribution is -2.30. The van der Waals surface area contributed by atoms with Crippen LogP contribution in [0.25, 0.3) is 44.5 Å². The molecule has 374 valence electrons. The molecule has 0 spiro atoms. The molecular formula is C54H76O12P2. The van der Waals surface area contributed by atoms with Crippen molar-refractivity contribution in [3.8, 4) is 67.5 Å². The second-order valence-electron chi connectivity index (χ2n) is 23.7. The molecule has 0 aromatic heterocycles. The van der Waals surface area contributed by atoms with E-state index in [1.165, 1.54) is 22.3 Å². The highest BCUT2D eigenvalue weighted by atomic mass is 31.2. The van der Waals surface area contributed by atoms with Crippen molar-refractivity contribution in [2.45, 2.75) is 157 Å². The molecule has 0 aliphatic carbocycles. The number of phenols is 4. The molecule has 0 aliphatic heterocycles. The molecule has 5 aromatic carbocycles. The van der Waals surface area contributed by atoms with Gasteiger partial charge >= 0.3 is 15.6 Å². The molecule has 0 saturated heterocycles. The first-order chi connectivity index (χ1) is 30.3. The molecule has 0 aliphatic rings. The Hall–Kier alpha value is -4.48. The van der Waals surface area contributed by atoms with E-state index in [9.17, 15) is 20.4 Å². The molecule has 0 heterocycles. The van der Waals surface area contributed by atoms with Crippen LogP contribution in [0.4, 0.5) is 0 Å². The van der Waals surface area contributed by atoms with Gasteiger partial charge in [0.05, 0.1) is 5.56 Å². The maximum atomic E-state index is 13.1. The van der Waals surface area contributed by atoms with Crippen LogP contribution in [0.1, 0.15) is 158 Å². The van der Waals surface area contributed by atoms with Crippen LogP contribution in [-0.2, 0) is 41.6 Å². The molecular weight excluding hydrogens is 903 g/mol. The number of rotatable bonds is 4. The van der Waals surface area contributed by atoms with E-state index >= 15 is 0 Å². The monoisotopic (exact) mass is 978 g/mol. The zero-order valence-electron chi connectivity index (χ0n) is 43.1. The van der Waals surface area contributed by atoms with Crippen molar-refractivity contribution in [2.24, 2.45) is 0 Å². The van der Waals surface area contributed by atoms with E-state index in [4.69, 9.17) is 38.5 Å². The highest BCUT2D eigenvalue weighted by Gasteiger charge is 2.40. The van der Waals surface area contributed by atoms with Gasteiger partial charge in [0, 0.05) is 5.56 Å². The third-order valence-corrected chi connectivity index (χ3v) is 11.2. The fraction of sp³-hybridized carbons (Fsp3) is 0.444. The van der Waals surface area contributed by atoms with Crippen molar-refractivity contribution in [2.75, 3.05) is 0 Å². The van der Waals surface area contributed by atoms with Gasteiger partial charge in [-0.25, -0.2) is 9.13 Å². The van der Waals surface area contributed by atoms with Gasteiger partial charge in [-0.15, -0.1) is 0 Å². The molecule has 0 atom stereocenters. The number of hydrogen-bond donors (Lipinski definition) is 10. The van der Waals surface area contributed by atoms with Crippen LogP contribution in [0.5, 0.6) is 23.0 Å². The summed E-state index contributed by atoms with van der Waals surface area (Å²) in [6.07, 6.45) is 0. The summed E-state index contributed by atoms with van der Waals surface area (Å²) in [4.78, 5) is 43.1. The van der Waals surface area contributed by atoms with Crippen molar-refractivity contribution >= 4 is 15.6 Å². The van der Waals surface area contributed by atoms with Crippen LogP contribution in [0.3, 0.4) is 0 Å². The zero-order valence-corrected chi connectivity index (χ0v) is 44.9. The molecule has 0 fully saturated rings. The molecule has 5 aromatic rings. The van der Waals surface area contributed by atoms with E-state index in [1.54, 1.807) is 30.3 Å². The Morgan fingerprint density at radius 2 is 0.574 bits per heavy atom. The fourth-order valence-electron chi connectivity index (χ4n) is 9.19. The molecule has 0 radical (unpaired) electrons. The van der Waals surface area contributed by atoms with Crippen LogP contribution < -0.4 is 0 Å². The van der Waals surface area contributed by atoms with Gasteiger partial charge in [-0.1, -0.05) is 149 Å². The molecule has 5 rings (SSSR count). The Balaban J connectivity index is 0.00000111. The van der Waals surface area contributed by atoms with Crippen molar-refractivity contribution < 1.29 is 58.9 Å². The third-order valence-electron chi connectivity index (χ3n) is 11.2. The Morgan fingerprint density at radius 1 is 0.324 bits per heavy atom. The predicted molar refractivity (Wildman–Crippen MR) is 276 cm³/mol. The van der Waals surface area contributed by atoms with E-state index < -0.39 is 21.1 Å². The SMILES string of the molecule is CC(C)(C)c1c(-c2ccc(O)cc2)cc(-c2ccc(O)c(-c3cc(-c4ccc(O)cc4)c(C(C)(C)C)c(C(C)(C)C)c3C(C)(C)C)c2O)c(C(C)(C)C)c1C(C)(C)C.O=P(O)(O)O.O=P(O)(O)O. The molecule has 10 N–H and O–H groups in total. The predicted octanol–water partition coefficient (Wildman–Crippen LogP) is 13.1. The quantitative estimate of drug-likeness (QED) is 0.0757. The van der Waals surface area contributed by atoms with E-state index in [0.717, 1.165) is 44.5 Å². The van der Waals surface area contributed by atoms with Crippen molar-refractivity contribution in [1.82, 2.24) is 0 Å². The smallest absolute Gasteiger partial charge is 0.466 e. The van der Waals surface area contributed by atoms with Crippen molar-refractivity contribution in [3.63, 3.8) is 0 Å². The van der Waals surface area contributed by atoms with Crippen LogP contribution >= 0.6 is 15.6 Å². The Labute approximate surface area is 403 Å². The lowest BCUT2D eigenvalue weighted by Gasteiger charge is -2.40. The van der Waals surface area contributed by atoms with Gasteiger partial charge in [-0.3, -0.25) is 0 Å². The summed E-state index contributed by atoms with van der Waals surface area (Å²) in [5.74, 6) is 0.430. The lowest BCUT2D eigenvalue weighted by molar-refractivity contribution is 0.272. The summed E-state index contributed by atoms with van der Waals surface area (Å²) >= 11 is 0. The molecule has 14 heteroatoms. The van der Waals surface area contributed by atoms with Gasteiger partial charge < -0.3 is 49.8 Å². The lowest BCUT2D eigenvalue weighted by atomic mass is 9.64. The topological polar surface area (TPSA) is 236 Å². The van der Waals surface area contributed by atoms with Gasteiger partial charge in [0.2, 0.25) is 0 Å². The standard InChI is InChI=1S/C54H70O4.2H3O4P/c1-49(2,3)42-36(31-19-23-33(55)24-20-31)29-38(44(51(7,8)9)46(42)53(13,14)15)35-27-28-40(57)41(48(35)58)39-30-37(32-21-25-34(56)26-22-32)43(50(4,5)6)47(54(16,17)18)45(39)52(10,11)12;2*1-5(2,3)4/h19-30,55-58H,1-18H3;2*(H3,1,2,3,4). The van der Waals surface area contributed by atoms with Gasteiger partial charge in [0.25, 0.3) is 0 Å². The molecule has 12 nitrogen and oxygen atoms in total. The number of phosphoric acid groups is 2.